The number of nitrogens with zero attached hydrogens (tertiary/aromatic N) is 1. The molecule has 5 heteroatoms. The van der Waals surface area contributed by atoms with Gasteiger partial charge in [0.2, 0.25) is 0 Å². The molecule has 1 rings (SSSR count). The largest absolute Gasteiger partial charge is 0.508 e. The molecule has 0 unspecified atom stereocenters. The van der Waals surface area contributed by atoms with Gasteiger partial charge in [0.05, 0.1) is 4.92 Å². The van der Waals surface area contributed by atoms with E-state index in [9.17, 15) is 15.2 Å². The molecule has 0 aliphatic rings. The van der Waals surface area contributed by atoms with Gasteiger partial charge in [-0.1, -0.05) is 29.8 Å². The minimum Gasteiger partial charge on any atom is -0.508 e. The van der Waals surface area contributed by atoms with Crippen molar-refractivity contribution in [2.24, 2.45) is 5.41 Å². The van der Waals surface area contributed by atoms with Gasteiger partial charge >= 0.3 is 0 Å². The summed E-state index contributed by atoms with van der Waals surface area (Å²) in [5.41, 5.74) is 0.573. The first-order chi connectivity index (χ1) is 7.35. The first kappa shape index (κ1) is 13.0. The van der Waals surface area contributed by atoms with Gasteiger partial charge in [0.15, 0.2) is 0 Å². The fourth-order valence-electron chi connectivity index (χ4n) is 1.39. The third kappa shape index (κ3) is 3.20. The zero-order chi connectivity index (χ0) is 12.3. The Morgan fingerprint density at radius 2 is 2.12 bits per heavy atom. The second-order valence-corrected chi connectivity index (χ2v) is 5.11. The summed E-state index contributed by atoms with van der Waals surface area (Å²) in [5.74, 6) is 0.111. The smallest absolute Gasteiger partial charge is 0.269 e. The SMILES string of the molecule is CC(C)(CBr)Cc1cc([N+](=O)[O-])ccc1O. The van der Waals surface area contributed by atoms with Gasteiger partial charge in [0.1, 0.15) is 5.75 Å². The molecule has 1 aromatic rings. The number of halogens is 1. The molecule has 0 atom stereocenters. The molecule has 0 radical (unpaired) electrons. The molecule has 0 amide bonds. The van der Waals surface area contributed by atoms with Gasteiger partial charge in [-0.25, -0.2) is 0 Å². The minimum absolute atomic E-state index is 0.0122. The van der Waals surface area contributed by atoms with Gasteiger partial charge in [-0.3, -0.25) is 10.1 Å². The molecular formula is C11H14BrNO3. The number of benzene rings is 1. The molecular weight excluding hydrogens is 274 g/mol. The maximum Gasteiger partial charge on any atom is 0.269 e. The first-order valence-electron chi connectivity index (χ1n) is 4.88. The van der Waals surface area contributed by atoms with E-state index < -0.39 is 4.92 Å². The lowest BCUT2D eigenvalue weighted by atomic mass is 9.87. The zero-order valence-electron chi connectivity index (χ0n) is 9.24. The summed E-state index contributed by atoms with van der Waals surface area (Å²) in [6.07, 6.45) is 0.589. The van der Waals surface area contributed by atoms with Crippen LogP contribution >= 0.6 is 15.9 Å². The third-order valence-electron chi connectivity index (χ3n) is 2.30. The van der Waals surface area contributed by atoms with Crippen LogP contribution in [-0.2, 0) is 6.42 Å². The summed E-state index contributed by atoms with van der Waals surface area (Å²) in [4.78, 5) is 10.2. The number of nitro groups is 1. The Morgan fingerprint density at radius 1 is 1.50 bits per heavy atom. The van der Waals surface area contributed by atoms with Crippen LogP contribution < -0.4 is 0 Å². The van der Waals surface area contributed by atoms with Crippen LogP contribution in [0.1, 0.15) is 19.4 Å². The van der Waals surface area contributed by atoms with Gasteiger partial charge in [-0.05, 0) is 17.9 Å². The summed E-state index contributed by atoms with van der Waals surface area (Å²) in [7, 11) is 0. The van der Waals surface area contributed by atoms with E-state index in [4.69, 9.17) is 0 Å². The molecule has 0 aliphatic heterocycles. The van der Waals surface area contributed by atoms with Crippen molar-refractivity contribution < 1.29 is 10.0 Å². The Morgan fingerprint density at radius 3 is 2.62 bits per heavy atom. The van der Waals surface area contributed by atoms with Gasteiger partial charge in [-0.2, -0.15) is 0 Å². The molecule has 0 saturated carbocycles. The van der Waals surface area contributed by atoms with Crippen molar-refractivity contribution in [1.82, 2.24) is 0 Å². The lowest BCUT2D eigenvalue weighted by Gasteiger charge is -2.21. The van der Waals surface area contributed by atoms with E-state index in [2.05, 4.69) is 15.9 Å². The highest BCUT2D eigenvalue weighted by Gasteiger charge is 2.20. The molecule has 4 nitrogen and oxygen atoms in total. The summed E-state index contributed by atoms with van der Waals surface area (Å²) < 4.78 is 0. The second-order valence-electron chi connectivity index (χ2n) is 4.54. The van der Waals surface area contributed by atoms with E-state index in [1.807, 2.05) is 13.8 Å². The minimum atomic E-state index is -0.454. The topological polar surface area (TPSA) is 63.4 Å². The van der Waals surface area contributed by atoms with E-state index in [1.54, 1.807) is 0 Å². The van der Waals surface area contributed by atoms with E-state index >= 15 is 0 Å². The highest BCUT2D eigenvalue weighted by molar-refractivity contribution is 9.09. The number of alkyl halides is 1. The average molecular weight is 288 g/mol. The lowest BCUT2D eigenvalue weighted by molar-refractivity contribution is -0.384. The van der Waals surface area contributed by atoms with Crippen molar-refractivity contribution in [3.8, 4) is 5.75 Å². The van der Waals surface area contributed by atoms with Crippen LogP contribution in [0.15, 0.2) is 18.2 Å². The number of hydrogen-bond donors (Lipinski definition) is 1. The van der Waals surface area contributed by atoms with Crippen molar-refractivity contribution in [2.75, 3.05) is 5.33 Å². The Balaban J connectivity index is 3.03. The summed E-state index contributed by atoms with van der Waals surface area (Å²) in [5, 5.41) is 21.0. The fraction of sp³-hybridized carbons (Fsp3) is 0.455. The molecule has 0 spiro atoms. The number of nitro benzene ring substituents is 1. The highest BCUT2D eigenvalue weighted by Crippen LogP contribution is 2.31. The molecule has 0 aromatic heterocycles. The predicted octanol–water partition coefficient (Wildman–Crippen LogP) is 3.26. The van der Waals surface area contributed by atoms with Crippen molar-refractivity contribution in [3.63, 3.8) is 0 Å². The van der Waals surface area contributed by atoms with Crippen LogP contribution in [0, 0.1) is 15.5 Å². The molecule has 16 heavy (non-hydrogen) atoms. The van der Waals surface area contributed by atoms with Gasteiger partial charge in [0, 0.05) is 23.0 Å². The third-order valence-corrected chi connectivity index (χ3v) is 3.82. The second kappa shape index (κ2) is 4.82. The predicted molar refractivity (Wildman–Crippen MR) is 66.0 cm³/mol. The number of rotatable bonds is 4. The Bertz CT molecular complexity index is 404. The molecule has 0 fully saturated rings. The number of phenolic OH excluding ortho intramolecular Hbond substituents is 1. The quantitative estimate of drug-likeness (QED) is 0.525. The van der Waals surface area contributed by atoms with Gasteiger partial charge in [-0.15, -0.1) is 0 Å². The van der Waals surface area contributed by atoms with E-state index in [0.29, 0.717) is 12.0 Å². The van der Waals surface area contributed by atoms with Crippen LogP contribution in [0.3, 0.4) is 0 Å². The van der Waals surface area contributed by atoms with Crippen molar-refractivity contribution in [3.05, 3.63) is 33.9 Å². The Kier molecular flexibility index (Phi) is 3.91. The summed E-state index contributed by atoms with van der Waals surface area (Å²) in [6, 6.07) is 4.11. The molecule has 0 heterocycles. The number of aromatic hydroxyl groups is 1. The standard InChI is InChI=1S/C11H14BrNO3/c1-11(2,7-12)6-8-5-9(13(15)16)3-4-10(8)14/h3-5,14H,6-7H2,1-2H3. The van der Waals surface area contributed by atoms with Crippen LogP contribution in [0.5, 0.6) is 5.75 Å². The molecule has 0 saturated heterocycles. The molecule has 1 aromatic carbocycles. The zero-order valence-corrected chi connectivity index (χ0v) is 10.8. The lowest BCUT2D eigenvalue weighted by Crippen LogP contribution is -2.16. The van der Waals surface area contributed by atoms with Gasteiger partial charge in [0.25, 0.3) is 5.69 Å². The Labute approximate surface area is 103 Å². The fourth-order valence-corrected chi connectivity index (χ4v) is 1.59. The van der Waals surface area contributed by atoms with Crippen LogP contribution in [0.4, 0.5) is 5.69 Å². The van der Waals surface area contributed by atoms with E-state index in [1.165, 1.54) is 18.2 Å². The molecule has 0 aliphatic carbocycles. The maximum atomic E-state index is 10.6. The number of non-ortho nitro benzene ring substituents is 1. The highest BCUT2D eigenvalue weighted by atomic mass is 79.9. The normalized spacial score (nSPS) is 11.4. The molecule has 88 valence electrons. The van der Waals surface area contributed by atoms with E-state index in [0.717, 1.165) is 5.33 Å². The van der Waals surface area contributed by atoms with Gasteiger partial charge < -0.3 is 5.11 Å². The molecule has 0 bridgehead atoms. The summed E-state index contributed by atoms with van der Waals surface area (Å²) in [6.45, 7) is 4.06. The first-order valence-corrected chi connectivity index (χ1v) is 6.00. The maximum absolute atomic E-state index is 10.6. The number of hydrogen-bond acceptors (Lipinski definition) is 3. The van der Waals surface area contributed by atoms with E-state index in [-0.39, 0.29) is 16.9 Å². The van der Waals surface area contributed by atoms with Crippen LogP contribution in [0.2, 0.25) is 0 Å². The molecule has 1 N–H and O–H groups in total. The van der Waals surface area contributed by atoms with Crippen LogP contribution in [0.25, 0.3) is 0 Å². The monoisotopic (exact) mass is 287 g/mol. The van der Waals surface area contributed by atoms with Crippen molar-refractivity contribution in [2.45, 2.75) is 20.3 Å². The summed E-state index contributed by atoms with van der Waals surface area (Å²) >= 11 is 3.38. The average Bonchev–Trinajstić information content (AvgIpc) is 2.21. The number of phenols is 1. The van der Waals surface area contributed by atoms with Crippen LogP contribution in [-0.4, -0.2) is 15.4 Å². The van der Waals surface area contributed by atoms with Crippen molar-refractivity contribution >= 4 is 21.6 Å². The van der Waals surface area contributed by atoms with Crippen molar-refractivity contribution in [1.29, 1.82) is 0 Å². The Hall–Kier alpha value is -1.10.